The third kappa shape index (κ3) is 2.46. The Bertz CT molecular complexity index is 1100. The molecule has 0 aliphatic carbocycles. The summed E-state index contributed by atoms with van der Waals surface area (Å²) in [7, 11) is 1.66. The molecule has 27 heavy (non-hydrogen) atoms. The summed E-state index contributed by atoms with van der Waals surface area (Å²) in [5.74, 6) is -0.355. The number of para-hydroxylation sites is 2. The molecule has 1 aromatic carbocycles. The number of aryl methyl sites for hydroxylation is 1. The lowest BCUT2D eigenvalue weighted by atomic mass is 10.00. The van der Waals surface area contributed by atoms with Crippen LogP contribution in [0, 0.1) is 0 Å². The van der Waals surface area contributed by atoms with E-state index in [4.69, 9.17) is 4.74 Å². The Morgan fingerprint density at radius 3 is 3.04 bits per heavy atom. The molecule has 9 heteroatoms. The van der Waals surface area contributed by atoms with Crippen LogP contribution in [-0.4, -0.2) is 54.5 Å². The molecule has 9 nitrogen and oxygen atoms in total. The Morgan fingerprint density at radius 2 is 2.15 bits per heavy atom. The number of hydrogen-bond donors (Lipinski definition) is 0. The maximum absolute atomic E-state index is 13.1. The molecule has 0 bridgehead atoms. The van der Waals surface area contributed by atoms with Crippen LogP contribution < -0.4 is 5.56 Å². The number of amides is 1. The summed E-state index contributed by atoms with van der Waals surface area (Å²) in [6.45, 7) is 1.41. The van der Waals surface area contributed by atoms with Gasteiger partial charge in [-0.3, -0.25) is 9.59 Å². The zero-order chi connectivity index (χ0) is 18.5. The van der Waals surface area contributed by atoms with Gasteiger partial charge in [0.2, 0.25) is 0 Å². The van der Waals surface area contributed by atoms with Crippen molar-refractivity contribution < 1.29 is 9.53 Å². The Morgan fingerprint density at radius 1 is 1.30 bits per heavy atom. The van der Waals surface area contributed by atoms with Gasteiger partial charge in [0, 0.05) is 20.1 Å². The maximum Gasteiger partial charge on any atom is 0.282 e. The fraction of sp³-hybridized carbons (Fsp3) is 0.389. The van der Waals surface area contributed by atoms with Gasteiger partial charge in [-0.2, -0.15) is 0 Å². The molecule has 3 aromatic rings. The second kappa shape index (κ2) is 5.98. The average Bonchev–Trinajstić information content (AvgIpc) is 3.19. The molecule has 2 aromatic heterocycles. The SMILES string of the molecule is Cn1c(=O)c(C(=O)N2CC[C@@H]3OCc4cnnn4[C@H]3C2)nc2ccccc21. The molecule has 0 N–H and O–H groups in total. The molecular formula is C18H18N6O3. The summed E-state index contributed by atoms with van der Waals surface area (Å²) >= 11 is 0. The van der Waals surface area contributed by atoms with Gasteiger partial charge in [-0.15, -0.1) is 5.10 Å². The van der Waals surface area contributed by atoms with Gasteiger partial charge in [0.05, 0.1) is 41.7 Å². The van der Waals surface area contributed by atoms with E-state index in [0.29, 0.717) is 37.2 Å². The van der Waals surface area contributed by atoms with Gasteiger partial charge in [0.15, 0.2) is 5.69 Å². The molecule has 1 amide bonds. The van der Waals surface area contributed by atoms with Crippen LogP contribution in [0.3, 0.4) is 0 Å². The number of benzene rings is 1. The lowest BCUT2D eigenvalue weighted by molar-refractivity contribution is -0.0605. The summed E-state index contributed by atoms with van der Waals surface area (Å²) in [4.78, 5) is 31.8. The van der Waals surface area contributed by atoms with Crippen LogP contribution >= 0.6 is 0 Å². The second-order valence-corrected chi connectivity index (χ2v) is 6.94. The maximum atomic E-state index is 13.1. The van der Waals surface area contributed by atoms with Crippen LogP contribution in [0.15, 0.2) is 35.3 Å². The number of nitrogens with zero attached hydrogens (tertiary/aromatic N) is 6. The predicted molar refractivity (Wildman–Crippen MR) is 95.1 cm³/mol. The average molecular weight is 366 g/mol. The molecular weight excluding hydrogens is 348 g/mol. The van der Waals surface area contributed by atoms with E-state index in [9.17, 15) is 9.59 Å². The predicted octanol–water partition coefficient (Wildman–Crippen LogP) is 0.511. The number of rotatable bonds is 1. The molecule has 1 saturated heterocycles. The third-order valence-electron chi connectivity index (χ3n) is 5.40. The minimum absolute atomic E-state index is 0.00403. The quantitative estimate of drug-likeness (QED) is 0.623. The molecule has 0 radical (unpaired) electrons. The van der Waals surface area contributed by atoms with Gasteiger partial charge < -0.3 is 14.2 Å². The van der Waals surface area contributed by atoms with E-state index >= 15 is 0 Å². The van der Waals surface area contributed by atoms with Crippen LogP contribution in [0.2, 0.25) is 0 Å². The van der Waals surface area contributed by atoms with Crippen molar-refractivity contribution in [2.24, 2.45) is 7.05 Å². The van der Waals surface area contributed by atoms with Gasteiger partial charge in [0.1, 0.15) is 0 Å². The number of fused-ring (bicyclic) bond motifs is 4. The van der Waals surface area contributed by atoms with E-state index < -0.39 is 0 Å². The largest absolute Gasteiger partial charge is 0.370 e. The van der Waals surface area contributed by atoms with Crippen molar-refractivity contribution in [1.82, 2.24) is 29.4 Å². The highest BCUT2D eigenvalue weighted by Crippen LogP contribution is 2.30. The number of ether oxygens (including phenoxy) is 1. The van der Waals surface area contributed by atoms with Crippen molar-refractivity contribution in [3.05, 3.63) is 52.2 Å². The van der Waals surface area contributed by atoms with E-state index in [2.05, 4.69) is 15.3 Å². The molecule has 0 unspecified atom stereocenters. The molecule has 4 heterocycles. The molecule has 2 atom stereocenters. The molecule has 2 aliphatic rings. The molecule has 0 saturated carbocycles. The van der Waals surface area contributed by atoms with Gasteiger partial charge in [-0.25, -0.2) is 9.67 Å². The van der Waals surface area contributed by atoms with Gasteiger partial charge in [-0.05, 0) is 18.6 Å². The Balaban J connectivity index is 1.50. The molecule has 5 rings (SSSR count). The third-order valence-corrected chi connectivity index (χ3v) is 5.40. The Labute approximate surface area is 154 Å². The van der Waals surface area contributed by atoms with Crippen molar-refractivity contribution in [2.75, 3.05) is 13.1 Å². The number of aromatic nitrogens is 5. The van der Waals surface area contributed by atoms with Crippen LogP contribution in [0.5, 0.6) is 0 Å². The van der Waals surface area contributed by atoms with E-state index in [1.807, 2.05) is 22.9 Å². The van der Waals surface area contributed by atoms with E-state index in [-0.39, 0.29) is 29.3 Å². The summed E-state index contributed by atoms with van der Waals surface area (Å²) < 4.78 is 9.19. The van der Waals surface area contributed by atoms with Crippen molar-refractivity contribution in [2.45, 2.75) is 25.2 Å². The molecule has 2 aliphatic heterocycles. The standard InChI is InChI=1S/C18H18N6O3/c1-22-13-5-3-2-4-12(13)20-16(17(22)25)18(26)23-7-6-15-14(9-23)24-11(10-27-15)8-19-21-24/h2-5,8,14-15H,6-7,9-10H2,1H3/t14-,15-/m0/s1. The van der Waals surface area contributed by atoms with Crippen molar-refractivity contribution in [3.63, 3.8) is 0 Å². The highest BCUT2D eigenvalue weighted by molar-refractivity contribution is 5.94. The summed E-state index contributed by atoms with van der Waals surface area (Å²) in [5, 5.41) is 8.09. The fourth-order valence-electron chi connectivity index (χ4n) is 3.93. The summed E-state index contributed by atoms with van der Waals surface area (Å²) in [5.41, 5.74) is 1.78. The summed E-state index contributed by atoms with van der Waals surface area (Å²) in [6, 6.07) is 7.20. The lowest BCUT2D eigenvalue weighted by Crippen LogP contribution is -2.51. The van der Waals surface area contributed by atoms with Gasteiger partial charge in [0.25, 0.3) is 11.5 Å². The van der Waals surface area contributed by atoms with Crippen LogP contribution in [0.4, 0.5) is 0 Å². The smallest absolute Gasteiger partial charge is 0.282 e. The van der Waals surface area contributed by atoms with Gasteiger partial charge >= 0.3 is 0 Å². The van der Waals surface area contributed by atoms with Gasteiger partial charge in [-0.1, -0.05) is 17.3 Å². The van der Waals surface area contributed by atoms with E-state index in [0.717, 1.165) is 5.69 Å². The minimum atomic E-state index is -0.387. The first-order valence-corrected chi connectivity index (χ1v) is 8.89. The van der Waals surface area contributed by atoms with Crippen LogP contribution in [0.25, 0.3) is 11.0 Å². The zero-order valence-electron chi connectivity index (χ0n) is 14.8. The number of carbonyl (C=O) groups excluding carboxylic acids is 1. The first kappa shape index (κ1) is 16.1. The van der Waals surface area contributed by atoms with E-state index in [1.54, 1.807) is 24.2 Å². The number of carbonyl (C=O) groups is 1. The Kier molecular flexibility index (Phi) is 3.57. The highest BCUT2D eigenvalue weighted by atomic mass is 16.5. The first-order chi connectivity index (χ1) is 13.1. The van der Waals surface area contributed by atoms with Crippen LogP contribution in [-0.2, 0) is 18.4 Å². The van der Waals surface area contributed by atoms with Crippen LogP contribution in [0.1, 0.15) is 28.6 Å². The van der Waals surface area contributed by atoms with Crippen molar-refractivity contribution in [1.29, 1.82) is 0 Å². The molecule has 1 fully saturated rings. The van der Waals surface area contributed by atoms with E-state index in [1.165, 1.54) is 4.57 Å². The molecule has 0 spiro atoms. The topological polar surface area (TPSA) is 95.1 Å². The minimum Gasteiger partial charge on any atom is -0.370 e. The fourth-order valence-corrected chi connectivity index (χ4v) is 3.93. The first-order valence-electron chi connectivity index (χ1n) is 8.89. The molecule has 138 valence electrons. The second-order valence-electron chi connectivity index (χ2n) is 6.94. The monoisotopic (exact) mass is 366 g/mol. The number of hydrogen-bond acceptors (Lipinski definition) is 6. The normalized spacial score (nSPS) is 21.7. The van der Waals surface area contributed by atoms with Crippen molar-refractivity contribution >= 4 is 16.9 Å². The highest BCUT2D eigenvalue weighted by Gasteiger charge is 2.38. The zero-order valence-corrected chi connectivity index (χ0v) is 14.8. The number of piperidine rings is 1. The summed E-state index contributed by atoms with van der Waals surface area (Å²) in [6.07, 6.45) is 2.36. The lowest BCUT2D eigenvalue weighted by Gasteiger charge is -2.40. The Hall–Kier alpha value is -3.07. The number of likely N-dealkylation sites (tertiary alicyclic amines) is 1. The van der Waals surface area contributed by atoms with Crippen molar-refractivity contribution in [3.8, 4) is 0 Å².